The molecule has 1 unspecified atom stereocenters. The Morgan fingerprint density at radius 3 is 2.39 bits per heavy atom. The molecule has 0 saturated carbocycles. The third-order valence-electron chi connectivity index (χ3n) is 2.59. The molecule has 0 saturated heterocycles. The van der Waals surface area contributed by atoms with Crippen molar-refractivity contribution in [1.29, 1.82) is 0 Å². The van der Waals surface area contributed by atoms with Crippen LogP contribution in [0, 0.1) is 0 Å². The molecule has 6 heteroatoms. The van der Waals surface area contributed by atoms with E-state index >= 15 is 0 Å². The second kappa shape index (κ2) is 5.49. The lowest BCUT2D eigenvalue weighted by atomic mass is 10.1. The van der Waals surface area contributed by atoms with E-state index in [1.165, 1.54) is 6.20 Å². The van der Waals surface area contributed by atoms with Crippen LogP contribution in [0.4, 0.5) is 0 Å². The molecule has 3 nitrogen and oxygen atoms in total. The molecule has 1 aromatic carbocycles. The van der Waals surface area contributed by atoms with E-state index in [2.05, 4.69) is 5.10 Å². The normalized spacial score (nSPS) is 12.7. The summed E-state index contributed by atoms with van der Waals surface area (Å²) in [6.07, 6.45) is 0.603. The summed E-state index contributed by atoms with van der Waals surface area (Å²) in [6.45, 7) is 2.54. The summed E-state index contributed by atoms with van der Waals surface area (Å²) in [4.78, 5) is 0. The van der Waals surface area contributed by atoms with Gasteiger partial charge in [0.15, 0.2) is 0 Å². The number of nitrogens with zero attached hydrogens (tertiary/aromatic N) is 2. The third-order valence-corrected chi connectivity index (χ3v) is 3.32. The molecule has 0 radical (unpaired) electrons. The Kier molecular flexibility index (Phi) is 4.17. The first-order valence-corrected chi connectivity index (χ1v) is 6.51. The van der Waals surface area contributed by atoms with E-state index in [0.29, 0.717) is 32.9 Å². The molecule has 18 heavy (non-hydrogen) atoms. The Bertz CT molecular complexity index is 548. The molecule has 0 aliphatic rings. The van der Waals surface area contributed by atoms with Gasteiger partial charge in [-0.05, 0) is 30.7 Å². The van der Waals surface area contributed by atoms with Crippen molar-refractivity contribution in [2.75, 3.05) is 0 Å². The topological polar surface area (TPSA) is 38.0 Å². The van der Waals surface area contributed by atoms with E-state index in [4.69, 9.17) is 34.8 Å². The highest BCUT2D eigenvalue weighted by molar-refractivity contribution is 6.34. The van der Waals surface area contributed by atoms with E-state index < -0.39 is 6.10 Å². The van der Waals surface area contributed by atoms with Crippen molar-refractivity contribution in [3.63, 3.8) is 0 Å². The zero-order valence-corrected chi connectivity index (χ0v) is 11.8. The molecule has 96 valence electrons. The fraction of sp³-hybridized carbons (Fsp3) is 0.250. The Labute approximate surface area is 120 Å². The highest BCUT2D eigenvalue weighted by Crippen LogP contribution is 2.31. The predicted molar refractivity (Wildman–Crippen MR) is 73.4 cm³/mol. The Morgan fingerprint density at radius 2 is 1.83 bits per heavy atom. The zero-order chi connectivity index (χ0) is 13.3. The SMILES string of the molecule is CCn1ncc(Cl)c1C(O)c1cc(Cl)cc(Cl)c1. The van der Waals surface area contributed by atoms with Crippen LogP contribution < -0.4 is 0 Å². The van der Waals surface area contributed by atoms with Gasteiger partial charge in [-0.25, -0.2) is 0 Å². The number of aliphatic hydroxyl groups is 1. The summed E-state index contributed by atoms with van der Waals surface area (Å²) in [5, 5.41) is 15.8. The fourth-order valence-electron chi connectivity index (χ4n) is 1.79. The first kappa shape index (κ1) is 13.7. The molecule has 1 heterocycles. The van der Waals surface area contributed by atoms with Crippen molar-refractivity contribution >= 4 is 34.8 Å². The number of benzene rings is 1. The van der Waals surface area contributed by atoms with Crippen LogP contribution in [0.25, 0.3) is 0 Å². The highest BCUT2D eigenvalue weighted by atomic mass is 35.5. The van der Waals surface area contributed by atoms with E-state index in [0.717, 1.165) is 0 Å². The summed E-state index contributed by atoms with van der Waals surface area (Å²) < 4.78 is 1.64. The number of halogens is 3. The van der Waals surface area contributed by atoms with Gasteiger partial charge >= 0.3 is 0 Å². The highest BCUT2D eigenvalue weighted by Gasteiger charge is 2.20. The maximum absolute atomic E-state index is 10.4. The van der Waals surface area contributed by atoms with Gasteiger partial charge in [-0.2, -0.15) is 5.10 Å². The third kappa shape index (κ3) is 2.64. The van der Waals surface area contributed by atoms with Gasteiger partial charge in [-0.1, -0.05) is 34.8 Å². The molecule has 0 aliphatic heterocycles. The number of aromatic nitrogens is 2. The lowest BCUT2D eigenvalue weighted by molar-refractivity contribution is 0.208. The monoisotopic (exact) mass is 304 g/mol. The Hall–Kier alpha value is -0.740. The number of aryl methyl sites for hydroxylation is 1. The Balaban J connectivity index is 2.47. The average molecular weight is 306 g/mol. The van der Waals surface area contributed by atoms with Crippen LogP contribution in [0.5, 0.6) is 0 Å². The minimum absolute atomic E-state index is 0.417. The molecule has 0 aliphatic carbocycles. The Morgan fingerprint density at radius 1 is 1.22 bits per heavy atom. The van der Waals surface area contributed by atoms with Crippen molar-refractivity contribution < 1.29 is 5.11 Å². The van der Waals surface area contributed by atoms with Gasteiger partial charge in [-0.15, -0.1) is 0 Å². The van der Waals surface area contributed by atoms with Crippen LogP contribution in [-0.2, 0) is 6.54 Å². The lowest BCUT2D eigenvalue weighted by Crippen LogP contribution is -2.09. The van der Waals surface area contributed by atoms with Crippen molar-refractivity contribution in [1.82, 2.24) is 9.78 Å². The molecule has 0 spiro atoms. The van der Waals surface area contributed by atoms with Crippen LogP contribution >= 0.6 is 34.8 Å². The minimum atomic E-state index is -0.906. The summed E-state index contributed by atoms with van der Waals surface area (Å²) in [6, 6.07) is 4.92. The molecular formula is C12H11Cl3N2O. The first-order chi connectivity index (χ1) is 8.52. The molecule has 1 atom stereocenters. The van der Waals surface area contributed by atoms with Crippen molar-refractivity contribution in [2.45, 2.75) is 19.6 Å². The van der Waals surface area contributed by atoms with Crippen LogP contribution in [0.15, 0.2) is 24.4 Å². The number of hydrogen-bond donors (Lipinski definition) is 1. The van der Waals surface area contributed by atoms with E-state index in [9.17, 15) is 5.11 Å². The molecule has 1 aromatic heterocycles. The fourth-order valence-corrected chi connectivity index (χ4v) is 2.57. The van der Waals surface area contributed by atoms with Gasteiger partial charge in [0.25, 0.3) is 0 Å². The predicted octanol–water partition coefficient (Wildman–Crippen LogP) is 3.94. The van der Waals surface area contributed by atoms with Gasteiger partial charge in [0, 0.05) is 16.6 Å². The second-order valence-electron chi connectivity index (χ2n) is 3.80. The molecule has 2 aromatic rings. The van der Waals surface area contributed by atoms with Crippen LogP contribution in [0.1, 0.15) is 24.3 Å². The van der Waals surface area contributed by atoms with Gasteiger partial charge in [0.05, 0.1) is 16.9 Å². The minimum Gasteiger partial charge on any atom is -0.382 e. The summed E-state index contributed by atoms with van der Waals surface area (Å²) >= 11 is 17.9. The van der Waals surface area contributed by atoms with E-state index in [1.807, 2.05) is 6.92 Å². The quantitative estimate of drug-likeness (QED) is 0.932. The van der Waals surface area contributed by atoms with Crippen molar-refractivity contribution in [2.24, 2.45) is 0 Å². The summed E-state index contributed by atoms with van der Waals surface area (Å²) in [5.41, 5.74) is 1.13. The van der Waals surface area contributed by atoms with Crippen LogP contribution in [0.3, 0.4) is 0 Å². The second-order valence-corrected chi connectivity index (χ2v) is 5.08. The molecule has 1 N–H and O–H groups in total. The molecule has 2 rings (SSSR count). The zero-order valence-electron chi connectivity index (χ0n) is 9.57. The summed E-state index contributed by atoms with van der Waals surface area (Å²) in [7, 11) is 0. The molecule has 0 fully saturated rings. The van der Waals surface area contributed by atoms with E-state index in [1.54, 1.807) is 22.9 Å². The molecule has 0 bridgehead atoms. The van der Waals surface area contributed by atoms with Gasteiger partial charge in [0.2, 0.25) is 0 Å². The van der Waals surface area contributed by atoms with Crippen molar-refractivity contribution in [3.05, 3.63) is 50.7 Å². The number of aliphatic hydroxyl groups excluding tert-OH is 1. The number of rotatable bonds is 3. The lowest BCUT2D eigenvalue weighted by Gasteiger charge is -2.14. The van der Waals surface area contributed by atoms with Crippen molar-refractivity contribution in [3.8, 4) is 0 Å². The average Bonchev–Trinajstić information content (AvgIpc) is 2.68. The summed E-state index contributed by atoms with van der Waals surface area (Å²) in [5.74, 6) is 0. The smallest absolute Gasteiger partial charge is 0.122 e. The first-order valence-electron chi connectivity index (χ1n) is 5.38. The van der Waals surface area contributed by atoms with Crippen LogP contribution in [0.2, 0.25) is 15.1 Å². The van der Waals surface area contributed by atoms with E-state index in [-0.39, 0.29) is 0 Å². The maximum Gasteiger partial charge on any atom is 0.122 e. The van der Waals surface area contributed by atoms with Gasteiger partial charge in [0.1, 0.15) is 6.10 Å². The van der Waals surface area contributed by atoms with Gasteiger partial charge < -0.3 is 5.11 Å². The van der Waals surface area contributed by atoms with Crippen LogP contribution in [-0.4, -0.2) is 14.9 Å². The largest absolute Gasteiger partial charge is 0.382 e. The molecule has 0 amide bonds. The maximum atomic E-state index is 10.4. The standard InChI is InChI=1S/C12H11Cl3N2O/c1-2-17-11(10(15)6-16-17)12(18)7-3-8(13)5-9(14)4-7/h3-6,12,18H,2H2,1H3. The molecular weight excluding hydrogens is 295 g/mol. The van der Waals surface area contributed by atoms with Gasteiger partial charge in [-0.3, -0.25) is 4.68 Å². The number of hydrogen-bond acceptors (Lipinski definition) is 2.